The van der Waals surface area contributed by atoms with Crippen LogP contribution in [0.25, 0.3) is 0 Å². The summed E-state index contributed by atoms with van der Waals surface area (Å²) in [5.74, 6) is 1.15. The summed E-state index contributed by atoms with van der Waals surface area (Å²) in [6.07, 6.45) is -3.07. The molecular weight excluding hydrogens is 593 g/mol. The van der Waals surface area contributed by atoms with Gasteiger partial charge in [0, 0.05) is 0 Å². The Morgan fingerprint density at radius 2 is 1.02 bits per heavy atom. The normalized spacial score (nSPS) is 23.0. The second kappa shape index (κ2) is 16.3. The monoisotopic (exact) mass is 636 g/mol. The average molecular weight is 637 g/mol. The highest BCUT2D eigenvalue weighted by atomic mass is 28.3. The number of ether oxygens (including phenoxy) is 5. The molecule has 6 nitrogen and oxygen atoms in total. The maximum atomic E-state index is 12.3. The Morgan fingerprint density at radius 1 is 0.609 bits per heavy atom. The van der Waals surface area contributed by atoms with E-state index in [1.165, 1.54) is 0 Å². The fraction of sp³-hybridized carbons (Fsp3) is 0.333. The first-order chi connectivity index (χ1) is 22.3. The molecule has 1 unspecified atom stereocenters. The lowest BCUT2D eigenvalue weighted by Crippen LogP contribution is -2.66. The van der Waals surface area contributed by atoms with Crippen molar-refractivity contribution in [3.63, 3.8) is 0 Å². The van der Waals surface area contributed by atoms with Crippen LogP contribution < -0.4 is 0 Å². The SMILES string of the molecule is C[Si](C)(C)C#CC1(O)O[C@H](COCc2ccccc2)[C@@H](OCc2ccccc2)[C@H](OCc2ccccc2)[C@@H]1OCc1ccccc1. The summed E-state index contributed by atoms with van der Waals surface area (Å²) in [6, 6.07) is 39.7. The molecule has 1 aliphatic rings. The number of hydrogen-bond donors (Lipinski definition) is 1. The summed E-state index contributed by atoms with van der Waals surface area (Å²) in [4.78, 5) is 0. The molecule has 0 aromatic heterocycles. The van der Waals surface area contributed by atoms with E-state index >= 15 is 0 Å². The third-order valence-corrected chi connectivity index (χ3v) is 8.43. The highest BCUT2D eigenvalue weighted by Gasteiger charge is 2.56. The lowest BCUT2D eigenvalue weighted by Gasteiger charge is -2.48. The predicted molar refractivity (Wildman–Crippen MR) is 182 cm³/mol. The van der Waals surface area contributed by atoms with Crippen molar-refractivity contribution in [2.45, 2.75) is 76.3 Å². The number of aliphatic hydroxyl groups is 1. The van der Waals surface area contributed by atoms with E-state index in [0.29, 0.717) is 13.2 Å². The topological polar surface area (TPSA) is 66.4 Å². The van der Waals surface area contributed by atoms with Gasteiger partial charge >= 0.3 is 0 Å². The zero-order valence-electron chi connectivity index (χ0n) is 26.9. The quantitative estimate of drug-likeness (QED) is 0.127. The van der Waals surface area contributed by atoms with Crippen LogP contribution in [0.15, 0.2) is 121 Å². The maximum absolute atomic E-state index is 12.3. The van der Waals surface area contributed by atoms with E-state index in [1.807, 2.05) is 121 Å². The molecule has 240 valence electrons. The summed E-state index contributed by atoms with van der Waals surface area (Å²) in [6.45, 7) is 7.76. The maximum Gasteiger partial charge on any atom is 0.261 e. The minimum absolute atomic E-state index is 0.155. The molecule has 7 heteroatoms. The van der Waals surface area contributed by atoms with Crippen LogP contribution >= 0.6 is 0 Å². The fourth-order valence-electron chi connectivity index (χ4n) is 5.23. The van der Waals surface area contributed by atoms with Gasteiger partial charge in [0.1, 0.15) is 26.4 Å². The molecule has 1 fully saturated rings. The molecule has 1 saturated heterocycles. The van der Waals surface area contributed by atoms with Crippen LogP contribution in [0.3, 0.4) is 0 Å². The highest BCUT2D eigenvalue weighted by molar-refractivity contribution is 6.83. The molecule has 1 heterocycles. The Kier molecular flexibility index (Phi) is 12.0. The molecule has 1 N–H and O–H groups in total. The Hall–Kier alpha value is -3.58. The minimum atomic E-state index is -1.97. The first-order valence-corrected chi connectivity index (χ1v) is 19.3. The summed E-state index contributed by atoms with van der Waals surface area (Å²) >= 11 is 0. The van der Waals surface area contributed by atoms with E-state index < -0.39 is 38.3 Å². The molecule has 4 aromatic rings. The van der Waals surface area contributed by atoms with E-state index in [1.54, 1.807) is 0 Å². The van der Waals surface area contributed by atoms with E-state index in [-0.39, 0.29) is 19.8 Å². The Morgan fingerprint density at radius 3 is 1.48 bits per heavy atom. The summed E-state index contributed by atoms with van der Waals surface area (Å²) in [7, 11) is -1.93. The predicted octanol–water partition coefficient (Wildman–Crippen LogP) is 6.93. The van der Waals surface area contributed by atoms with Gasteiger partial charge in [0.2, 0.25) is 0 Å². The van der Waals surface area contributed by atoms with Crippen molar-refractivity contribution in [3.8, 4) is 11.5 Å². The third-order valence-electron chi connectivity index (χ3n) is 7.56. The average Bonchev–Trinajstić information content (AvgIpc) is 3.07. The van der Waals surface area contributed by atoms with Gasteiger partial charge in [0.05, 0.1) is 33.0 Å². The number of hydrogen-bond acceptors (Lipinski definition) is 6. The first kappa shape index (κ1) is 33.8. The van der Waals surface area contributed by atoms with E-state index in [4.69, 9.17) is 23.7 Å². The Bertz CT molecular complexity index is 1520. The van der Waals surface area contributed by atoms with Crippen molar-refractivity contribution >= 4 is 8.07 Å². The van der Waals surface area contributed by atoms with Crippen molar-refractivity contribution < 1.29 is 28.8 Å². The van der Waals surface area contributed by atoms with Crippen molar-refractivity contribution in [1.29, 1.82) is 0 Å². The standard InChI is InChI=1S/C39H44O6Si/c1-46(2,3)25-24-39(40)38(44-29-34-22-14-7-15-23-34)37(43-28-33-20-12-6-13-21-33)36(42-27-32-18-10-5-11-19-32)35(45-39)30-41-26-31-16-8-4-9-17-31/h4-23,35-38,40H,26-30H2,1-3H3/t35-,36-,37+,38+,39?/m1/s1. The molecule has 0 saturated carbocycles. The summed E-state index contributed by atoms with van der Waals surface area (Å²) in [5, 5.41) is 12.3. The lowest BCUT2D eigenvalue weighted by atomic mass is 9.91. The van der Waals surface area contributed by atoms with Crippen molar-refractivity contribution in [1.82, 2.24) is 0 Å². The first-order valence-electron chi connectivity index (χ1n) is 15.8. The Balaban J connectivity index is 1.50. The van der Waals surface area contributed by atoms with E-state index in [2.05, 4.69) is 31.1 Å². The van der Waals surface area contributed by atoms with Crippen LogP contribution in [0, 0.1) is 11.5 Å². The summed E-state index contributed by atoms with van der Waals surface area (Å²) in [5.41, 5.74) is 7.32. The van der Waals surface area contributed by atoms with Crippen LogP contribution in [-0.4, -0.2) is 50.0 Å². The largest absolute Gasteiger partial charge is 0.374 e. The van der Waals surface area contributed by atoms with Crippen LogP contribution in [0.5, 0.6) is 0 Å². The number of rotatable bonds is 13. The van der Waals surface area contributed by atoms with Crippen LogP contribution in [0.1, 0.15) is 22.3 Å². The molecule has 5 rings (SSSR count). The molecule has 0 spiro atoms. The third kappa shape index (κ3) is 9.96. The van der Waals surface area contributed by atoms with Crippen LogP contribution in [0.4, 0.5) is 0 Å². The van der Waals surface area contributed by atoms with Gasteiger partial charge in [-0.3, -0.25) is 0 Å². The zero-order chi connectivity index (χ0) is 32.2. The molecule has 46 heavy (non-hydrogen) atoms. The van der Waals surface area contributed by atoms with Gasteiger partial charge in [-0.2, -0.15) is 0 Å². The van der Waals surface area contributed by atoms with Crippen LogP contribution in [-0.2, 0) is 50.1 Å². The molecule has 0 bridgehead atoms. The molecule has 0 aliphatic carbocycles. The van der Waals surface area contributed by atoms with Gasteiger partial charge in [0.25, 0.3) is 5.79 Å². The highest BCUT2D eigenvalue weighted by Crippen LogP contribution is 2.36. The molecular formula is C39H44O6Si. The van der Waals surface area contributed by atoms with Crippen LogP contribution in [0.2, 0.25) is 19.6 Å². The zero-order valence-corrected chi connectivity index (χ0v) is 27.9. The smallest absolute Gasteiger partial charge is 0.261 e. The van der Waals surface area contributed by atoms with Gasteiger partial charge in [-0.1, -0.05) is 141 Å². The lowest BCUT2D eigenvalue weighted by molar-refractivity contribution is -0.347. The second-order valence-corrected chi connectivity index (χ2v) is 17.3. The van der Waals surface area contributed by atoms with Crippen molar-refractivity contribution in [2.24, 2.45) is 0 Å². The fourth-order valence-corrected chi connectivity index (χ4v) is 5.78. The Labute approximate surface area is 274 Å². The van der Waals surface area contributed by atoms with E-state index in [9.17, 15) is 5.11 Å². The molecule has 1 aliphatic heterocycles. The van der Waals surface area contributed by atoms with Crippen molar-refractivity contribution in [2.75, 3.05) is 6.61 Å². The number of benzene rings is 4. The second-order valence-electron chi connectivity index (χ2n) is 12.6. The molecule has 5 atom stereocenters. The van der Waals surface area contributed by atoms with Gasteiger partial charge < -0.3 is 28.8 Å². The van der Waals surface area contributed by atoms with Crippen molar-refractivity contribution in [3.05, 3.63) is 144 Å². The molecule has 4 aromatic carbocycles. The summed E-state index contributed by atoms with van der Waals surface area (Å²) < 4.78 is 32.6. The minimum Gasteiger partial charge on any atom is -0.374 e. The van der Waals surface area contributed by atoms with E-state index in [0.717, 1.165) is 22.3 Å². The molecule has 0 radical (unpaired) electrons. The van der Waals surface area contributed by atoms with Gasteiger partial charge in [-0.15, -0.1) is 5.54 Å². The van der Waals surface area contributed by atoms with Gasteiger partial charge in [-0.05, 0) is 28.2 Å². The van der Waals surface area contributed by atoms with Gasteiger partial charge in [-0.25, -0.2) is 0 Å². The van der Waals surface area contributed by atoms with Gasteiger partial charge in [0.15, 0.2) is 6.10 Å². The molecule has 0 amide bonds.